The lowest BCUT2D eigenvalue weighted by molar-refractivity contribution is 0.413. The molecule has 1 fully saturated rings. The Hall–Kier alpha value is -1.80. The van der Waals surface area contributed by atoms with Crippen molar-refractivity contribution in [2.24, 2.45) is 5.92 Å². The maximum atomic E-state index is 5.31. The molecule has 3 rings (SSSR count). The molecule has 0 spiro atoms. The minimum Gasteiger partial charge on any atom is -0.497 e. The molecule has 0 heterocycles. The second-order valence-corrected chi connectivity index (χ2v) is 5.91. The lowest BCUT2D eigenvalue weighted by atomic mass is 9.95. The van der Waals surface area contributed by atoms with Gasteiger partial charge in [0.05, 0.1) is 7.11 Å². The lowest BCUT2D eigenvalue weighted by Crippen LogP contribution is -2.20. The van der Waals surface area contributed by atoms with Crippen molar-refractivity contribution in [3.63, 3.8) is 0 Å². The third-order valence-corrected chi connectivity index (χ3v) is 4.62. The molecule has 1 aliphatic rings. The van der Waals surface area contributed by atoms with Crippen molar-refractivity contribution in [2.45, 2.75) is 25.3 Å². The van der Waals surface area contributed by atoms with Crippen molar-refractivity contribution in [1.29, 1.82) is 0 Å². The van der Waals surface area contributed by atoms with E-state index in [2.05, 4.69) is 67.8 Å². The molecule has 2 heteroatoms. The third-order valence-electron chi connectivity index (χ3n) is 4.62. The largest absolute Gasteiger partial charge is 0.497 e. The van der Waals surface area contributed by atoms with Gasteiger partial charge in [-0.25, -0.2) is 0 Å². The lowest BCUT2D eigenvalue weighted by Gasteiger charge is -2.20. The summed E-state index contributed by atoms with van der Waals surface area (Å²) >= 11 is 0. The molecule has 21 heavy (non-hydrogen) atoms. The molecule has 2 nitrogen and oxygen atoms in total. The Morgan fingerprint density at radius 1 is 1.14 bits per heavy atom. The first-order valence-corrected chi connectivity index (χ1v) is 7.61. The summed E-state index contributed by atoms with van der Waals surface area (Å²) in [5.74, 6) is 2.30. The average Bonchev–Trinajstić information content (AvgIpc) is 3.31. The van der Waals surface area contributed by atoms with Crippen LogP contribution in [0, 0.1) is 12.8 Å². The van der Waals surface area contributed by atoms with Crippen LogP contribution in [0.5, 0.6) is 5.75 Å². The van der Waals surface area contributed by atoms with Crippen molar-refractivity contribution in [3.05, 3.63) is 65.2 Å². The fourth-order valence-electron chi connectivity index (χ4n) is 3.39. The van der Waals surface area contributed by atoms with Gasteiger partial charge in [-0.1, -0.05) is 36.4 Å². The summed E-state index contributed by atoms with van der Waals surface area (Å²) in [4.78, 5) is 0. The monoisotopic (exact) mass is 281 g/mol. The zero-order valence-electron chi connectivity index (χ0n) is 13.0. The predicted octanol–water partition coefficient (Wildman–Crippen LogP) is 4.07. The van der Waals surface area contributed by atoms with Gasteiger partial charge in [0, 0.05) is 6.04 Å². The fraction of sp³-hybridized carbons (Fsp3) is 0.368. The van der Waals surface area contributed by atoms with E-state index < -0.39 is 0 Å². The molecule has 3 unspecified atom stereocenters. The Balaban J connectivity index is 1.81. The minimum atomic E-state index is 0.418. The number of hydrogen-bond acceptors (Lipinski definition) is 2. The van der Waals surface area contributed by atoms with Crippen LogP contribution in [0.4, 0.5) is 0 Å². The highest BCUT2D eigenvalue weighted by Gasteiger charge is 2.44. The molecule has 0 bridgehead atoms. The number of ether oxygens (including phenoxy) is 1. The number of methoxy groups -OCH3 is 1. The molecule has 1 aliphatic carbocycles. The second-order valence-electron chi connectivity index (χ2n) is 5.91. The van der Waals surface area contributed by atoms with E-state index in [0.717, 1.165) is 5.75 Å². The minimum absolute atomic E-state index is 0.418. The zero-order chi connectivity index (χ0) is 14.8. The van der Waals surface area contributed by atoms with E-state index >= 15 is 0 Å². The molecule has 1 saturated carbocycles. The molecule has 2 aromatic carbocycles. The first-order valence-electron chi connectivity index (χ1n) is 7.61. The molecular formula is C19H23NO. The smallest absolute Gasteiger partial charge is 0.119 e. The van der Waals surface area contributed by atoms with E-state index in [1.807, 2.05) is 0 Å². The number of benzene rings is 2. The van der Waals surface area contributed by atoms with Gasteiger partial charge in [0.15, 0.2) is 0 Å². The molecule has 2 aromatic rings. The SMILES string of the molecule is CNC(c1ccc(OC)cc1C)C1CC1c1ccccc1. The number of rotatable bonds is 5. The fourth-order valence-corrected chi connectivity index (χ4v) is 3.39. The summed E-state index contributed by atoms with van der Waals surface area (Å²) in [7, 11) is 3.78. The molecule has 0 aromatic heterocycles. The Morgan fingerprint density at radius 3 is 2.52 bits per heavy atom. The molecule has 0 amide bonds. The average molecular weight is 281 g/mol. The highest BCUT2D eigenvalue weighted by atomic mass is 16.5. The van der Waals surface area contributed by atoms with Crippen molar-refractivity contribution in [2.75, 3.05) is 14.2 Å². The number of nitrogens with one attached hydrogen (secondary N) is 1. The first-order chi connectivity index (χ1) is 10.2. The quantitative estimate of drug-likeness (QED) is 0.892. The van der Waals surface area contributed by atoms with Crippen LogP contribution in [0.2, 0.25) is 0 Å². The standard InChI is InChI=1S/C19H23NO/c1-13-11-15(21-3)9-10-16(13)19(20-2)18-12-17(18)14-7-5-4-6-8-14/h4-11,17-20H,12H2,1-3H3. The highest BCUT2D eigenvalue weighted by molar-refractivity contribution is 5.39. The Morgan fingerprint density at radius 2 is 1.90 bits per heavy atom. The normalized spacial score (nSPS) is 21.9. The van der Waals surface area contributed by atoms with Crippen LogP contribution in [-0.4, -0.2) is 14.2 Å². The summed E-state index contributed by atoms with van der Waals surface area (Å²) in [6.07, 6.45) is 1.26. The first kappa shape index (κ1) is 14.2. The van der Waals surface area contributed by atoms with Crippen LogP contribution in [-0.2, 0) is 0 Å². The van der Waals surface area contributed by atoms with Crippen LogP contribution in [0.25, 0.3) is 0 Å². The van der Waals surface area contributed by atoms with E-state index in [4.69, 9.17) is 4.74 Å². The Bertz CT molecular complexity index is 608. The summed E-state index contributed by atoms with van der Waals surface area (Å²) in [5.41, 5.74) is 4.16. The Kier molecular flexibility index (Phi) is 3.98. The van der Waals surface area contributed by atoms with Crippen LogP contribution in [0.1, 0.15) is 35.1 Å². The van der Waals surface area contributed by atoms with Crippen LogP contribution >= 0.6 is 0 Å². The molecule has 0 radical (unpaired) electrons. The van der Waals surface area contributed by atoms with Crippen molar-refractivity contribution in [3.8, 4) is 5.75 Å². The topological polar surface area (TPSA) is 21.3 Å². The van der Waals surface area contributed by atoms with E-state index in [9.17, 15) is 0 Å². The second kappa shape index (κ2) is 5.90. The van der Waals surface area contributed by atoms with Gasteiger partial charge < -0.3 is 10.1 Å². The van der Waals surface area contributed by atoms with E-state index in [0.29, 0.717) is 17.9 Å². The van der Waals surface area contributed by atoms with Gasteiger partial charge in [-0.05, 0) is 61.1 Å². The van der Waals surface area contributed by atoms with Crippen molar-refractivity contribution in [1.82, 2.24) is 5.32 Å². The molecule has 0 aliphatic heterocycles. The number of hydrogen-bond donors (Lipinski definition) is 1. The van der Waals surface area contributed by atoms with Gasteiger partial charge in [-0.3, -0.25) is 0 Å². The zero-order valence-corrected chi connectivity index (χ0v) is 13.0. The maximum Gasteiger partial charge on any atom is 0.119 e. The van der Waals surface area contributed by atoms with Crippen LogP contribution < -0.4 is 10.1 Å². The molecule has 1 N–H and O–H groups in total. The molecular weight excluding hydrogens is 258 g/mol. The highest BCUT2D eigenvalue weighted by Crippen LogP contribution is 2.54. The van der Waals surface area contributed by atoms with Gasteiger partial charge in [-0.15, -0.1) is 0 Å². The summed E-state index contributed by atoms with van der Waals surface area (Å²) in [6, 6.07) is 17.7. The summed E-state index contributed by atoms with van der Waals surface area (Å²) in [6.45, 7) is 2.17. The Labute approximate surface area is 127 Å². The van der Waals surface area contributed by atoms with E-state index in [-0.39, 0.29) is 0 Å². The van der Waals surface area contributed by atoms with Crippen LogP contribution in [0.3, 0.4) is 0 Å². The van der Waals surface area contributed by atoms with Crippen LogP contribution in [0.15, 0.2) is 48.5 Å². The predicted molar refractivity (Wildman–Crippen MR) is 86.8 cm³/mol. The maximum absolute atomic E-state index is 5.31. The molecule has 3 atom stereocenters. The van der Waals surface area contributed by atoms with Gasteiger partial charge in [0.25, 0.3) is 0 Å². The molecule has 110 valence electrons. The van der Waals surface area contributed by atoms with Gasteiger partial charge >= 0.3 is 0 Å². The third kappa shape index (κ3) is 2.81. The van der Waals surface area contributed by atoms with Crippen molar-refractivity contribution < 1.29 is 4.74 Å². The van der Waals surface area contributed by atoms with Gasteiger partial charge in [-0.2, -0.15) is 0 Å². The van der Waals surface area contributed by atoms with E-state index in [1.165, 1.54) is 23.1 Å². The summed E-state index contributed by atoms with van der Waals surface area (Å²) in [5, 5.41) is 3.52. The summed E-state index contributed by atoms with van der Waals surface area (Å²) < 4.78 is 5.31. The number of aryl methyl sites for hydroxylation is 1. The molecule has 0 saturated heterocycles. The van der Waals surface area contributed by atoms with E-state index in [1.54, 1.807) is 7.11 Å². The van der Waals surface area contributed by atoms with Gasteiger partial charge in [0.2, 0.25) is 0 Å². The van der Waals surface area contributed by atoms with Crippen molar-refractivity contribution >= 4 is 0 Å². The van der Waals surface area contributed by atoms with Gasteiger partial charge in [0.1, 0.15) is 5.75 Å².